The van der Waals surface area contributed by atoms with Crippen LogP contribution in [0, 0.1) is 5.92 Å². The van der Waals surface area contributed by atoms with Gasteiger partial charge in [-0.3, -0.25) is 0 Å². The minimum Gasteiger partial charge on any atom is -0.480 e. The van der Waals surface area contributed by atoms with Crippen LogP contribution in [-0.4, -0.2) is 34.9 Å². The molecule has 1 aliphatic rings. The number of carbonyl (C=O) groups excluding carboxylic acids is 1. The molecule has 1 saturated carbocycles. The molecular formula is C13H24N2O4. The van der Waals surface area contributed by atoms with Crippen LogP contribution in [-0.2, 0) is 9.53 Å². The van der Waals surface area contributed by atoms with Gasteiger partial charge in [-0.15, -0.1) is 0 Å². The van der Waals surface area contributed by atoms with Crippen molar-refractivity contribution in [1.82, 2.24) is 5.32 Å². The molecule has 6 heteroatoms. The summed E-state index contributed by atoms with van der Waals surface area (Å²) in [5, 5.41) is 11.7. The number of carboxylic acids is 1. The molecule has 0 saturated heterocycles. The molecular weight excluding hydrogens is 248 g/mol. The van der Waals surface area contributed by atoms with Gasteiger partial charge >= 0.3 is 12.1 Å². The van der Waals surface area contributed by atoms with Crippen molar-refractivity contribution < 1.29 is 19.4 Å². The standard InChI is InChI=1S/C13H24N2O4/c1-13(2,3)19-12(18)15-10(11(16)17)8-4-6-9(14)7-5-8/h8-10H,4-7,14H2,1-3H3,(H,15,18)(H,16,17)/t8?,9?,10-/m0/s1. The third-order valence-electron chi connectivity index (χ3n) is 3.23. The second-order valence-electron chi connectivity index (χ2n) is 6.14. The zero-order valence-electron chi connectivity index (χ0n) is 11.8. The molecule has 4 N–H and O–H groups in total. The minimum absolute atomic E-state index is 0.0789. The number of nitrogens with two attached hydrogens (primary N) is 1. The summed E-state index contributed by atoms with van der Waals surface area (Å²) in [4.78, 5) is 22.9. The summed E-state index contributed by atoms with van der Waals surface area (Å²) in [5.74, 6) is -1.10. The fourth-order valence-electron chi connectivity index (χ4n) is 2.29. The maximum absolute atomic E-state index is 11.7. The summed E-state index contributed by atoms with van der Waals surface area (Å²) in [6.07, 6.45) is 2.34. The van der Waals surface area contributed by atoms with Gasteiger partial charge in [-0.2, -0.15) is 0 Å². The Morgan fingerprint density at radius 1 is 1.26 bits per heavy atom. The monoisotopic (exact) mass is 272 g/mol. The van der Waals surface area contributed by atoms with Gasteiger partial charge in [0.1, 0.15) is 11.6 Å². The Labute approximate surface area is 113 Å². The first kappa shape index (κ1) is 15.8. The number of aliphatic carboxylic acids is 1. The molecule has 0 spiro atoms. The van der Waals surface area contributed by atoms with Crippen molar-refractivity contribution in [1.29, 1.82) is 0 Å². The first-order valence-electron chi connectivity index (χ1n) is 6.67. The molecule has 0 bridgehead atoms. The predicted octanol–water partition coefficient (Wildman–Crippen LogP) is 1.48. The zero-order chi connectivity index (χ0) is 14.6. The van der Waals surface area contributed by atoms with Crippen molar-refractivity contribution in [3.8, 4) is 0 Å². The van der Waals surface area contributed by atoms with Crippen LogP contribution >= 0.6 is 0 Å². The summed E-state index contributed by atoms with van der Waals surface area (Å²) in [6, 6.07) is -0.755. The third-order valence-corrected chi connectivity index (χ3v) is 3.23. The lowest BCUT2D eigenvalue weighted by molar-refractivity contribution is -0.141. The fourth-order valence-corrected chi connectivity index (χ4v) is 2.29. The fraction of sp³-hybridized carbons (Fsp3) is 0.846. The average molecular weight is 272 g/mol. The summed E-state index contributed by atoms with van der Waals surface area (Å²) < 4.78 is 5.09. The molecule has 0 aromatic carbocycles. The van der Waals surface area contributed by atoms with E-state index in [1.807, 2.05) is 0 Å². The molecule has 1 atom stereocenters. The number of ether oxygens (including phenoxy) is 1. The molecule has 110 valence electrons. The van der Waals surface area contributed by atoms with Crippen LogP contribution in [0.15, 0.2) is 0 Å². The van der Waals surface area contributed by atoms with Crippen LogP contribution in [0.5, 0.6) is 0 Å². The van der Waals surface area contributed by atoms with E-state index in [1.165, 1.54) is 0 Å². The van der Waals surface area contributed by atoms with E-state index < -0.39 is 23.7 Å². The first-order chi connectivity index (χ1) is 8.69. The Bertz CT molecular complexity index is 330. The van der Waals surface area contributed by atoms with Crippen LogP contribution < -0.4 is 11.1 Å². The first-order valence-corrected chi connectivity index (χ1v) is 6.67. The Hall–Kier alpha value is -1.30. The molecule has 0 aliphatic heterocycles. The van der Waals surface area contributed by atoms with Crippen molar-refractivity contribution in [2.75, 3.05) is 0 Å². The smallest absolute Gasteiger partial charge is 0.408 e. The van der Waals surface area contributed by atoms with Gasteiger partial charge in [-0.05, 0) is 52.4 Å². The molecule has 0 aromatic rings. The summed E-state index contributed by atoms with van der Waals surface area (Å²) in [7, 11) is 0. The number of alkyl carbamates (subject to hydrolysis) is 1. The van der Waals surface area contributed by atoms with E-state index in [2.05, 4.69) is 5.32 Å². The van der Waals surface area contributed by atoms with Gasteiger partial charge < -0.3 is 20.9 Å². The van der Waals surface area contributed by atoms with Gasteiger partial charge in [0.15, 0.2) is 0 Å². The quantitative estimate of drug-likeness (QED) is 0.722. The van der Waals surface area contributed by atoms with Gasteiger partial charge in [0.25, 0.3) is 0 Å². The molecule has 1 amide bonds. The molecule has 1 rings (SSSR count). The Morgan fingerprint density at radius 2 is 1.79 bits per heavy atom. The molecule has 1 fully saturated rings. The summed E-state index contributed by atoms with van der Waals surface area (Å²) in [6.45, 7) is 5.21. The molecule has 1 aliphatic carbocycles. The molecule has 0 aromatic heterocycles. The van der Waals surface area contributed by atoms with Gasteiger partial charge in [0, 0.05) is 6.04 Å². The Balaban J connectivity index is 2.58. The Kier molecular flexibility index (Phi) is 5.17. The number of rotatable bonds is 3. The lowest BCUT2D eigenvalue weighted by Gasteiger charge is -2.31. The molecule has 0 heterocycles. The van der Waals surface area contributed by atoms with Gasteiger partial charge in [-0.25, -0.2) is 9.59 Å². The van der Waals surface area contributed by atoms with Crippen LogP contribution in [0.25, 0.3) is 0 Å². The molecule has 6 nitrogen and oxygen atoms in total. The van der Waals surface area contributed by atoms with E-state index >= 15 is 0 Å². The van der Waals surface area contributed by atoms with Crippen LogP contribution in [0.1, 0.15) is 46.5 Å². The van der Waals surface area contributed by atoms with Gasteiger partial charge in [-0.1, -0.05) is 0 Å². The molecule has 19 heavy (non-hydrogen) atoms. The zero-order valence-corrected chi connectivity index (χ0v) is 11.8. The van der Waals surface area contributed by atoms with Crippen LogP contribution in [0.2, 0.25) is 0 Å². The lowest BCUT2D eigenvalue weighted by atomic mass is 9.82. The topological polar surface area (TPSA) is 102 Å². The second kappa shape index (κ2) is 6.23. The van der Waals surface area contributed by atoms with Crippen molar-refractivity contribution in [3.05, 3.63) is 0 Å². The van der Waals surface area contributed by atoms with Crippen molar-refractivity contribution in [3.63, 3.8) is 0 Å². The number of carboxylic acid groups (broad SMARTS) is 1. The lowest BCUT2D eigenvalue weighted by Crippen LogP contribution is -2.49. The van der Waals surface area contributed by atoms with E-state index in [1.54, 1.807) is 20.8 Å². The number of amides is 1. The summed E-state index contributed by atoms with van der Waals surface area (Å²) in [5.41, 5.74) is 5.16. The average Bonchev–Trinajstić information content (AvgIpc) is 2.24. The van der Waals surface area contributed by atoms with Crippen LogP contribution in [0.4, 0.5) is 4.79 Å². The highest BCUT2D eigenvalue weighted by Gasteiger charge is 2.33. The van der Waals surface area contributed by atoms with E-state index in [-0.39, 0.29) is 12.0 Å². The number of nitrogens with one attached hydrogen (secondary N) is 1. The van der Waals surface area contributed by atoms with E-state index in [9.17, 15) is 14.7 Å². The second-order valence-corrected chi connectivity index (χ2v) is 6.14. The largest absolute Gasteiger partial charge is 0.480 e. The SMILES string of the molecule is CC(C)(C)OC(=O)N[C@H](C(=O)O)C1CCC(N)CC1. The normalized spacial score (nSPS) is 25.5. The van der Waals surface area contributed by atoms with Gasteiger partial charge in [0.05, 0.1) is 0 Å². The maximum atomic E-state index is 11.7. The molecule has 0 radical (unpaired) electrons. The van der Waals surface area contributed by atoms with E-state index in [0.29, 0.717) is 12.8 Å². The number of carbonyl (C=O) groups is 2. The van der Waals surface area contributed by atoms with Crippen molar-refractivity contribution >= 4 is 12.1 Å². The van der Waals surface area contributed by atoms with Crippen molar-refractivity contribution in [2.45, 2.75) is 64.1 Å². The predicted molar refractivity (Wildman–Crippen MR) is 70.7 cm³/mol. The third kappa shape index (κ3) is 5.46. The highest BCUT2D eigenvalue weighted by molar-refractivity contribution is 5.80. The minimum atomic E-state index is -1.02. The summed E-state index contributed by atoms with van der Waals surface area (Å²) >= 11 is 0. The van der Waals surface area contributed by atoms with E-state index in [4.69, 9.17) is 10.5 Å². The van der Waals surface area contributed by atoms with Gasteiger partial charge in [0.2, 0.25) is 0 Å². The Morgan fingerprint density at radius 3 is 2.21 bits per heavy atom. The van der Waals surface area contributed by atoms with E-state index in [0.717, 1.165) is 12.8 Å². The van der Waals surface area contributed by atoms with Crippen molar-refractivity contribution in [2.24, 2.45) is 11.7 Å². The number of hydrogen-bond donors (Lipinski definition) is 3. The highest BCUT2D eigenvalue weighted by Crippen LogP contribution is 2.26. The van der Waals surface area contributed by atoms with Crippen LogP contribution in [0.3, 0.4) is 0 Å². The maximum Gasteiger partial charge on any atom is 0.408 e. The molecule has 0 unspecified atom stereocenters. The number of hydrogen-bond acceptors (Lipinski definition) is 4. The highest BCUT2D eigenvalue weighted by atomic mass is 16.6.